The zero-order valence-corrected chi connectivity index (χ0v) is 20.6. The zero-order chi connectivity index (χ0) is 25.4. The van der Waals surface area contributed by atoms with Crippen molar-refractivity contribution in [3.63, 3.8) is 0 Å². The van der Waals surface area contributed by atoms with Crippen LogP contribution in [0.25, 0.3) is 34.3 Å². The maximum absolute atomic E-state index is 15.4. The van der Waals surface area contributed by atoms with Crippen LogP contribution in [0.4, 0.5) is 4.39 Å². The number of carbonyl (C=O) groups excluding carboxylic acids is 1. The van der Waals surface area contributed by atoms with Gasteiger partial charge in [-0.15, -0.1) is 5.10 Å². The third-order valence-electron chi connectivity index (χ3n) is 5.51. The molecule has 0 aliphatic carbocycles. The highest BCUT2D eigenvalue weighted by Crippen LogP contribution is 2.37. The molecule has 0 aliphatic rings. The van der Waals surface area contributed by atoms with Gasteiger partial charge in [-0.25, -0.2) is 13.8 Å². The number of ether oxygens (including phenoxy) is 1. The van der Waals surface area contributed by atoms with Gasteiger partial charge in [0, 0.05) is 30.2 Å². The number of carbonyl (C=O) groups is 1. The Balaban J connectivity index is 1.93. The molecule has 0 radical (unpaired) electrons. The molecule has 4 rings (SSSR count). The van der Waals surface area contributed by atoms with E-state index in [9.17, 15) is 9.59 Å². The summed E-state index contributed by atoms with van der Waals surface area (Å²) in [4.78, 5) is 25.6. The summed E-state index contributed by atoms with van der Waals surface area (Å²) in [5.74, 6) is -1.82. The lowest BCUT2D eigenvalue weighted by Gasteiger charge is -2.17. The molecule has 0 atom stereocenters. The molecule has 0 fully saturated rings. The number of aryl methyl sites for hydroxylation is 3. The first-order valence-electron chi connectivity index (χ1n) is 10.8. The van der Waals surface area contributed by atoms with Crippen LogP contribution in [0.15, 0.2) is 35.1 Å². The van der Waals surface area contributed by atoms with Crippen LogP contribution in [0.3, 0.4) is 0 Å². The standard InChI is InChI=1S/C25H23ClFN5O3/c1-13(2)25(34)35-23-14(3)29-32(5)24(33)22(23)21-16(17(26)9-10-18(21)27)8-6-15-7-11-19-20(12-15)31(4)30-28-19/h6-13H,1-5H3/b8-6+. The smallest absolute Gasteiger partial charge is 0.313 e. The quantitative estimate of drug-likeness (QED) is 0.297. The van der Waals surface area contributed by atoms with Crippen molar-refractivity contribution in [2.45, 2.75) is 20.8 Å². The molecule has 10 heteroatoms. The van der Waals surface area contributed by atoms with Crippen molar-refractivity contribution in [2.24, 2.45) is 20.0 Å². The molecule has 0 amide bonds. The van der Waals surface area contributed by atoms with E-state index in [0.717, 1.165) is 21.3 Å². The van der Waals surface area contributed by atoms with Crippen LogP contribution in [0, 0.1) is 18.7 Å². The minimum Gasteiger partial charge on any atom is -0.423 e. The van der Waals surface area contributed by atoms with Crippen LogP contribution in [-0.4, -0.2) is 30.7 Å². The second kappa shape index (κ2) is 9.42. The van der Waals surface area contributed by atoms with Gasteiger partial charge >= 0.3 is 5.97 Å². The summed E-state index contributed by atoms with van der Waals surface area (Å²) in [5, 5.41) is 12.4. The zero-order valence-electron chi connectivity index (χ0n) is 19.8. The molecule has 0 N–H and O–H groups in total. The van der Waals surface area contributed by atoms with Crippen molar-refractivity contribution in [3.05, 3.63) is 68.3 Å². The molecule has 0 spiro atoms. The Kier molecular flexibility index (Phi) is 6.53. The van der Waals surface area contributed by atoms with E-state index >= 15 is 4.39 Å². The van der Waals surface area contributed by atoms with Gasteiger partial charge in [0.1, 0.15) is 17.0 Å². The molecular formula is C25H23ClFN5O3. The molecule has 2 aromatic carbocycles. The minimum atomic E-state index is -0.690. The maximum atomic E-state index is 15.4. The van der Waals surface area contributed by atoms with E-state index in [-0.39, 0.29) is 33.2 Å². The van der Waals surface area contributed by atoms with Crippen molar-refractivity contribution in [3.8, 4) is 16.9 Å². The lowest BCUT2D eigenvalue weighted by molar-refractivity contribution is -0.137. The van der Waals surface area contributed by atoms with Gasteiger partial charge in [-0.1, -0.05) is 48.9 Å². The summed E-state index contributed by atoms with van der Waals surface area (Å²) in [6.45, 7) is 4.91. The lowest BCUT2D eigenvalue weighted by atomic mass is 9.97. The van der Waals surface area contributed by atoms with E-state index in [0.29, 0.717) is 0 Å². The lowest BCUT2D eigenvalue weighted by Crippen LogP contribution is -2.26. The average molecular weight is 496 g/mol. The average Bonchev–Trinajstić information content (AvgIpc) is 3.18. The number of fused-ring (bicyclic) bond motifs is 1. The Morgan fingerprint density at radius 3 is 2.57 bits per heavy atom. The molecular weight excluding hydrogens is 473 g/mol. The predicted octanol–water partition coefficient (Wildman–Crippen LogP) is 4.56. The number of rotatable bonds is 5. The van der Waals surface area contributed by atoms with Gasteiger partial charge in [0.05, 0.1) is 17.0 Å². The first kappa shape index (κ1) is 24.3. The molecule has 35 heavy (non-hydrogen) atoms. The van der Waals surface area contributed by atoms with Crippen LogP contribution in [0.5, 0.6) is 5.75 Å². The van der Waals surface area contributed by atoms with Crippen molar-refractivity contribution in [2.75, 3.05) is 0 Å². The second-order valence-corrected chi connectivity index (χ2v) is 8.81. The van der Waals surface area contributed by atoms with Crippen LogP contribution >= 0.6 is 11.6 Å². The normalized spacial score (nSPS) is 11.7. The van der Waals surface area contributed by atoms with Crippen LogP contribution in [0.1, 0.15) is 30.7 Å². The highest BCUT2D eigenvalue weighted by atomic mass is 35.5. The molecule has 2 aromatic heterocycles. The van der Waals surface area contributed by atoms with E-state index in [1.54, 1.807) is 44.7 Å². The summed E-state index contributed by atoms with van der Waals surface area (Å²) in [6, 6.07) is 8.12. The Morgan fingerprint density at radius 1 is 1.11 bits per heavy atom. The first-order chi connectivity index (χ1) is 16.6. The van der Waals surface area contributed by atoms with Gasteiger partial charge in [0.15, 0.2) is 5.75 Å². The molecule has 0 aliphatic heterocycles. The van der Waals surface area contributed by atoms with Crippen molar-refractivity contribution < 1.29 is 13.9 Å². The number of halogens is 2. The SMILES string of the molecule is Cc1nn(C)c(=O)c(-c2c(F)ccc(Cl)c2/C=C/c2ccc3nnn(C)c3c2)c1OC(=O)C(C)C. The largest absolute Gasteiger partial charge is 0.423 e. The molecule has 180 valence electrons. The third kappa shape index (κ3) is 4.59. The number of esters is 1. The monoisotopic (exact) mass is 495 g/mol. The highest BCUT2D eigenvalue weighted by molar-refractivity contribution is 6.32. The third-order valence-corrected chi connectivity index (χ3v) is 5.84. The molecule has 0 saturated heterocycles. The number of benzene rings is 2. The van der Waals surface area contributed by atoms with Gasteiger partial charge in [-0.05, 0) is 36.8 Å². The number of hydrogen-bond donors (Lipinski definition) is 0. The number of aromatic nitrogens is 5. The van der Waals surface area contributed by atoms with Crippen LogP contribution in [-0.2, 0) is 18.9 Å². The number of hydrogen-bond acceptors (Lipinski definition) is 6. The molecule has 8 nitrogen and oxygen atoms in total. The topological polar surface area (TPSA) is 91.9 Å². The van der Waals surface area contributed by atoms with Crippen molar-refractivity contribution >= 4 is 40.8 Å². The van der Waals surface area contributed by atoms with Crippen molar-refractivity contribution in [1.29, 1.82) is 0 Å². The minimum absolute atomic E-state index is 0.0744. The van der Waals surface area contributed by atoms with E-state index in [4.69, 9.17) is 16.3 Å². The molecule has 0 saturated carbocycles. The van der Waals surface area contributed by atoms with Gasteiger partial charge in [0.25, 0.3) is 5.56 Å². The summed E-state index contributed by atoms with van der Waals surface area (Å²) >= 11 is 6.49. The van der Waals surface area contributed by atoms with E-state index in [1.807, 2.05) is 18.2 Å². The maximum Gasteiger partial charge on any atom is 0.313 e. The van der Waals surface area contributed by atoms with Gasteiger partial charge in [-0.2, -0.15) is 5.10 Å². The Hall–Kier alpha value is -3.85. The van der Waals surface area contributed by atoms with Gasteiger partial charge < -0.3 is 4.74 Å². The second-order valence-electron chi connectivity index (χ2n) is 8.41. The summed E-state index contributed by atoms with van der Waals surface area (Å²) in [7, 11) is 3.23. The summed E-state index contributed by atoms with van der Waals surface area (Å²) < 4.78 is 23.6. The Morgan fingerprint density at radius 2 is 1.86 bits per heavy atom. The first-order valence-corrected chi connectivity index (χ1v) is 11.2. The number of nitrogens with zero attached hydrogens (tertiary/aromatic N) is 5. The van der Waals surface area contributed by atoms with Gasteiger partial charge in [-0.3, -0.25) is 9.59 Å². The molecule has 2 heterocycles. The van der Waals surface area contributed by atoms with E-state index in [1.165, 1.54) is 19.2 Å². The molecule has 0 bridgehead atoms. The predicted molar refractivity (Wildman–Crippen MR) is 133 cm³/mol. The van der Waals surface area contributed by atoms with Crippen LogP contribution < -0.4 is 10.3 Å². The molecule has 0 unspecified atom stereocenters. The summed E-state index contributed by atoms with van der Waals surface area (Å²) in [6.07, 6.45) is 3.36. The Labute approximate surface area is 205 Å². The molecule has 4 aromatic rings. The Bertz CT molecular complexity index is 1560. The fourth-order valence-electron chi connectivity index (χ4n) is 3.63. The van der Waals surface area contributed by atoms with E-state index < -0.39 is 23.3 Å². The fraction of sp³-hybridized carbons (Fsp3) is 0.240. The summed E-state index contributed by atoms with van der Waals surface area (Å²) in [5.41, 5.74) is 2.05. The van der Waals surface area contributed by atoms with Crippen LogP contribution in [0.2, 0.25) is 5.02 Å². The highest BCUT2D eigenvalue weighted by Gasteiger charge is 2.26. The van der Waals surface area contributed by atoms with E-state index in [2.05, 4.69) is 15.4 Å². The fourth-order valence-corrected chi connectivity index (χ4v) is 3.86. The van der Waals surface area contributed by atoms with Gasteiger partial charge in [0.2, 0.25) is 0 Å². The van der Waals surface area contributed by atoms with Crippen molar-refractivity contribution in [1.82, 2.24) is 24.8 Å².